The number of nitrogens with zero attached hydrogens (tertiary/aromatic N) is 3. The Morgan fingerprint density at radius 1 is 1.27 bits per heavy atom. The van der Waals surface area contributed by atoms with Gasteiger partial charge >= 0.3 is 0 Å². The fourth-order valence-corrected chi connectivity index (χ4v) is 4.31. The van der Waals surface area contributed by atoms with Crippen molar-refractivity contribution in [2.24, 2.45) is 0 Å². The predicted molar refractivity (Wildman–Crippen MR) is 118 cm³/mol. The summed E-state index contributed by atoms with van der Waals surface area (Å²) in [6.07, 6.45) is 4.07. The number of aromatic nitrogens is 1. The predicted octanol–water partition coefficient (Wildman–Crippen LogP) is 3.60. The highest BCUT2D eigenvalue weighted by molar-refractivity contribution is 6.05. The molecule has 1 saturated carbocycles. The van der Waals surface area contributed by atoms with Gasteiger partial charge in [-0.25, -0.2) is 8.78 Å². The standard InChI is InChI=1S/C24H22F2N4O3/c1-5-13(10-27)21(28-2)16-8-15-14(11-29-16)12-30(23(31)24(15)6-7-24)22-19(25)17(32-3)9-18(33-4)20(22)26/h5,8-9,11,28H,1,6-7,12H2,2-4H3/b21-13+. The van der Waals surface area contributed by atoms with E-state index >= 15 is 8.78 Å². The number of hydrogen-bond acceptors (Lipinski definition) is 6. The van der Waals surface area contributed by atoms with Gasteiger partial charge in [0.2, 0.25) is 5.91 Å². The largest absolute Gasteiger partial charge is 0.493 e. The number of anilines is 1. The summed E-state index contributed by atoms with van der Waals surface area (Å²) >= 11 is 0. The number of fused-ring (bicyclic) bond motifs is 2. The lowest BCUT2D eigenvalue weighted by Crippen LogP contribution is -2.45. The second-order valence-electron chi connectivity index (χ2n) is 7.81. The normalized spacial score (nSPS) is 16.5. The number of halogens is 2. The maximum absolute atomic E-state index is 15.2. The van der Waals surface area contributed by atoms with Crippen molar-refractivity contribution in [3.8, 4) is 17.6 Å². The van der Waals surface area contributed by atoms with Crippen molar-refractivity contribution in [3.63, 3.8) is 0 Å². The van der Waals surface area contributed by atoms with Crippen molar-refractivity contribution >= 4 is 17.3 Å². The number of rotatable bonds is 6. The van der Waals surface area contributed by atoms with Crippen LogP contribution in [0.15, 0.2) is 36.6 Å². The Balaban J connectivity index is 1.87. The van der Waals surface area contributed by atoms with Crippen LogP contribution in [0.1, 0.15) is 29.7 Å². The summed E-state index contributed by atoms with van der Waals surface area (Å²) in [5, 5.41) is 12.3. The first-order chi connectivity index (χ1) is 15.9. The van der Waals surface area contributed by atoms with E-state index in [-0.39, 0.29) is 18.0 Å². The van der Waals surface area contributed by atoms with Gasteiger partial charge in [-0.15, -0.1) is 0 Å². The third kappa shape index (κ3) is 3.30. The molecule has 0 atom stereocenters. The highest BCUT2D eigenvalue weighted by atomic mass is 19.1. The number of allylic oxidation sites excluding steroid dienone is 2. The SMILES string of the molecule is C=C/C(C#N)=C(\NC)c1cc2c(cn1)CN(c1c(F)c(OC)cc(OC)c1F)C(=O)C21CC1. The molecule has 1 spiro atoms. The molecule has 1 N–H and O–H groups in total. The summed E-state index contributed by atoms with van der Waals surface area (Å²) in [7, 11) is 4.18. The lowest BCUT2D eigenvalue weighted by Gasteiger charge is -2.35. The molecule has 9 heteroatoms. The van der Waals surface area contributed by atoms with Gasteiger partial charge < -0.3 is 19.7 Å². The van der Waals surface area contributed by atoms with E-state index in [0.717, 1.165) is 16.5 Å². The first-order valence-electron chi connectivity index (χ1n) is 10.2. The Kier molecular flexibility index (Phi) is 5.54. The average Bonchev–Trinajstić information content (AvgIpc) is 3.62. The lowest BCUT2D eigenvalue weighted by atomic mass is 9.86. The van der Waals surface area contributed by atoms with Crippen LogP contribution in [0.2, 0.25) is 0 Å². The number of amides is 1. The molecule has 1 aromatic carbocycles. The molecule has 0 bridgehead atoms. The van der Waals surface area contributed by atoms with Crippen molar-refractivity contribution in [2.45, 2.75) is 24.8 Å². The Morgan fingerprint density at radius 3 is 2.39 bits per heavy atom. The molecular formula is C24H22F2N4O3. The van der Waals surface area contributed by atoms with E-state index in [2.05, 4.69) is 22.9 Å². The highest BCUT2D eigenvalue weighted by Gasteiger charge is 2.57. The van der Waals surface area contributed by atoms with Crippen LogP contribution in [0.25, 0.3) is 5.70 Å². The maximum Gasteiger partial charge on any atom is 0.238 e. The highest BCUT2D eigenvalue weighted by Crippen LogP contribution is 2.55. The number of ether oxygens (including phenoxy) is 2. The van der Waals surface area contributed by atoms with E-state index in [9.17, 15) is 10.1 Å². The molecule has 2 aromatic rings. The third-order valence-electron chi connectivity index (χ3n) is 6.16. The van der Waals surface area contributed by atoms with Crippen molar-refractivity contribution in [1.29, 1.82) is 5.26 Å². The number of carbonyl (C=O) groups is 1. The molecule has 4 rings (SSSR count). The van der Waals surface area contributed by atoms with Gasteiger partial charge in [0.05, 0.1) is 43.1 Å². The fourth-order valence-electron chi connectivity index (χ4n) is 4.31. The van der Waals surface area contributed by atoms with E-state index in [1.54, 1.807) is 19.3 Å². The van der Waals surface area contributed by atoms with E-state index in [0.29, 0.717) is 35.4 Å². The number of pyridine rings is 1. The first kappa shape index (κ1) is 22.3. The van der Waals surface area contributed by atoms with Crippen LogP contribution in [-0.4, -0.2) is 32.2 Å². The summed E-state index contributed by atoms with van der Waals surface area (Å²) in [5.41, 5.74) is 1.29. The van der Waals surface area contributed by atoms with Gasteiger partial charge in [-0.1, -0.05) is 6.58 Å². The topological polar surface area (TPSA) is 87.5 Å². The summed E-state index contributed by atoms with van der Waals surface area (Å²) < 4.78 is 40.4. The van der Waals surface area contributed by atoms with Crippen LogP contribution >= 0.6 is 0 Å². The number of hydrogen-bond donors (Lipinski definition) is 1. The molecule has 7 nitrogen and oxygen atoms in total. The van der Waals surface area contributed by atoms with Gasteiger partial charge in [-0.2, -0.15) is 5.26 Å². The number of carbonyl (C=O) groups excluding carboxylic acids is 1. The van der Waals surface area contributed by atoms with Crippen LogP contribution in [0.4, 0.5) is 14.5 Å². The second kappa shape index (κ2) is 8.20. The van der Waals surface area contributed by atoms with Crippen LogP contribution in [-0.2, 0) is 16.8 Å². The molecule has 0 radical (unpaired) electrons. The summed E-state index contributed by atoms with van der Waals surface area (Å²) in [6.45, 7) is 3.58. The molecule has 2 aliphatic rings. The molecule has 170 valence electrons. The smallest absolute Gasteiger partial charge is 0.238 e. The van der Waals surface area contributed by atoms with Gasteiger partial charge in [-0.3, -0.25) is 9.78 Å². The van der Waals surface area contributed by atoms with Crippen LogP contribution in [0, 0.1) is 23.0 Å². The molecule has 33 heavy (non-hydrogen) atoms. The van der Waals surface area contributed by atoms with E-state index in [1.165, 1.54) is 20.3 Å². The molecule has 0 saturated heterocycles. The van der Waals surface area contributed by atoms with Crippen molar-refractivity contribution in [3.05, 3.63) is 65.0 Å². The zero-order chi connectivity index (χ0) is 23.9. The first-order valence-corrected chi connectivity index (χ1v) is 10.2. The zero-order valence-electron chi connectivity index (χ0n) is 18.5. The molecule has 2 heterocycles. The van der Waals surface area contributed by atoms with Gasteiger partial charge in [0, 0.05) is 19.3 Å². The van der Waals surface area contributed by atoms with Crippen molar-refractivity contribution < 1.29 is 23.0 Å². The lowest BCUT2D eigenvalue weighted by molar-refractivity contribution is -0.121. The van der Waals surface area contributed by atoms with Gasteiger partial charge in [-0.05, 0) is 36.1 Å². The molecule has 1 aromatic heterocycles. The third-order valence-corrected chi connectivity index (χ3v) is 6.16. The fraction of sp³-hybridized carbons (Fsp3) is 0.292. The second-order valence-corrected chi connectivity index (χ2v) is 7.81. The molecule has 1 aliphatic heterocycles. The van der Waals surface area contributed by atoms with Gasteiger partial charge in [0.1, 0.15) is 11.8 Å². The Labute approximate surface area is 189 Å². The summed E-state index contributed by atoms with van der Waals surface area (Å²) in [6, 6.07) is 4.94. The van der Waals surface area contributed by atoms with Crippen molar-refractivity contribution in [2.75, 3.05) is 26.2 Å². The maximum atomic E-state index is 15.2. The zero-order valence-corrected chi connectivity index (χ0v) is 18.5. The minimum Gasteiger partial charge on any atom is -0.493 e. The average molecular weight is 452 g/mol. The number of nitrogens with one attached hydrogen (secondary N) is 1. The van der Waals surface area contributed by atoms with Crippen LogP contribution < -0.4 is 19.7 Å². The van der Waals surface area contributed by atoms with Crippen LogP contribution in [0.5, 0.6) is 11.5 Å². The van der Waals surface area contributed by atoms with E-state index < -0.39 is 28.6 Å². The van der Waals surface area contributed by atoms with Crippen molar-refractivity contribution in [1.82, 2.24) is 10.3 Å². The Bertz CT molecular complexity index is 1220. The monoisotopic (exact) mass is 452 g/mol. The number of benzene rings is 1. The molecule has 1 aliphatic carbocycles. The minimum atomic E-state index is -0.974. The minimum absolute atomic E-state index is 0.0709. The molecule has 1 amide bonds. The molecule has 0 unspecified atom stereocenters. The van der Waals surface area contributed by atoms with Gasteiger partial charge in [0.25, 0.3) is 0 Å². The number of nitriles is 1. The van der Waals surface area contributed by atoms with Gasteiger partial charge in [0.15, 0.2) is 23.1 Å². The summed E-state index contributed by atoms with van der Waals surface area (Å²) in [4.78, 5) is 19.1. The Hall–Kier alpha value is -3.93. The van der Waals surface area contributed by atoms with E-state index in [1.807, 2.05) is 0 Å². The summed E-state index contributed by atoms with van der Waals surface area (Å²) in [5.74, 6) is -2.80. The molecule has 1 fully saturated rings. The van der Waals surface area contributed by atoms with Crippen LogP contribution in [0.3, 0.4) is 0 Å². The quantitative estimate of drug-likeness (QED) is 0.532. The molecular weight excluding hydrogens is 430 g/mol. The number of methoxy groups -OCH3 is 2. The van der Waals surface area contributed by atoms with E-state index in [4.69, 9.17) is 9.47 Å². The Morgan fingerprint density at radius 2 is 1.91 bits per heavy atom.